The average molecular weight is 246 g/mol. The monoisotopic (exact) mass is 246 g/mol. The van der Waals surface area contributed by atoms with E-state index in [0.29, 0.717) is 0 Å². The zero-order valence-electron chi connectivity index (χ0n) is 11.3. The quantitative estimate of drug-likeness (QED) is 0.814. The van der Waals surface area contributed by atoms with Crippen molar-refractivity contribution in [1.82, 2.24) is 14.6 Å². The van der Waals surface area contributed by atoms with Gasteiger partial charge in [0, 0.05) is 18.8 Å². The van der Waals surface area contributed by atoms with Gasteiger partial charge in [0.25, 0.3) is 0 Å². The Balaban J connectivity index is 1.91. The number of unbranched alkanes of at least 4 members (excludes halogenated alkanes) is 1. The topological polar surface area (TPSA) is 42.2 Å². The average Bonchev–Trinajstić information content (AvgIpc) is 2.86. The van der Waals surface area contributed by atoms with Crippen molar-refractivity contribution in [2.24, 2.45) is 5.92 Å². The van der Waals surface area contributed by atoms with Crippen molar-refractivity contribution in [2.75, 3.05) is 11.9 Å². The van der Waals surface area contributed by atoms with Gasteiger partial charge >= 0.3 is 0 Å². The Hall–Kier alpha value is -1.58. The van der Waals surface area contributed by atoms with Crippen LogP contribution in [0.3, 0.4) is 0 Å². The molecule has 0 saturated carbocycles. The highest BCUT2D eigenvalue weighted by atomic mass is 15.2. The fourth-order valence-electron chi connectivity index (χ4n) is 2.10. The van der Waals surface area contributed by atoms with Crippen LogP contribution in [0, 0.1) is 5.92 Å². The first-order valence-electron chi connectivity index (χ1n) is 6.87. The van der Waals surface area contributed by atoms with Crippen LogP contribution in [0.1, 0.15) is 39.5 Å². The summed E-state index contributed by atoms with van der Waals surface area (Å²) in [5.41, 5.74) is 0.890. The Kier molecular flexibility index (Phi) is 4.56. The van der Waals surface area contributed by atoms with Crippen LogP contribution in [-0.4, -0.2) is 21.1 Å². The van der Waals surface area contributed by atoms with Crippen molar-refractivity contribution in [3.8, 4) is 0 Å². The third-order valence-electron chi connectivity index (χ3n) is 3.37. The van der Waals surface area contributed by atoms with Crippen molar-refractivity contribution in [3.63, 3.8) is 0 Å². The first-order chi connectivity index (χ1) is 8.83. The maximum absolute atomic E-state index is 4.51. The molecule has 0 aliphatic heterocycles. The second-order valence-electron chi connectivity index (χ2n) is 4.74. The van der Waals surface area contributed by atoms with Gasteiger partial charge in [-0.3, -0.25) is 0 Å². The second kappa shape index (κ2) is 6.38. The molecule has 4 nitrogen and oxygen atoms in total. The van der Waals surface area contributed by atoms with Crippen LogP contribution in [0.15, 0.2) is 24.5 Å². The fraction of sp³-hybridized carbons (Fsp3) is 0.571. The van der Waals surface area contributed by atoms with Crippen LogP contribution in [-0.2, 0) is 0 Å². The normalized spacial score (nSPS) is 12.8. The van der Waals surface area contributed by atoms with E-state index in [-0.39, 0.29) is 0 Å². The number of hydrogen-bond acceptors (Lipinski definition) is 3. The van der Waals surface area contributed by atoms with E-state index < -0.39 is 0 Å². The van der Waals surface area contributed by atoms with Crippen LogP contribution in [0.2, 0.25) is 0 Å². The van der Waals surface area contributed by atoms with Gasteiger partial charge in [-0.15, -0.1) is 0 Å². The highest BCUT2D eigenvalue weighted by Crippen LogP contribution is 2.14. The molecule has 0 aliphatic rings. The van der Waals surface area contributed by atoms with Gasteiger partial charge < -0.3 is 5.32 Å². The van der Waals surface area contributed by atoms with E-state index in [9.17, 15) is 0 Å². The Morgan fingerprint density at radius 2 is 2.22 bits per heavy atom. The predicted molar refractivity (Wildman–Crippen MR) is 74.8 cm³/mol. The molecule has 0 fully saturated rings. The minimum Gasteiger partial charge on any atom is -0.370 e. The Labute approximate surface area is 108 Å². The van der Waals surface area contributed by atoms with Crippen molar-refractivity contribution in [3.05, 3.63) is 24.5 Å². The van der Waals surface area contributed by atoms with E-state index >= 15 is 0 Å². The van der Waals surface area contributed by atoms with Gasteiger partial charge in [-0.2, -0.15) is 5.10 Å². The highest BCUT2D eigenvalue weighted by Gasteiger charge is 2.06. The van der Waals surface area contributed by atoms with Crippen molar-refractivity contribution >= 4 is 11.5 Å². The molecule has 4 heteroatoms. The molecule has 0 aromatic carbocycles. The Bertz CT molecular complexity index is 477. The molecule has 2 aromatic rings. The lowest BCUT2D eigenvalue weighted by molar-refractivity contribution is 0.472. The SMILES string of the molecule is CCCCC(CC)CNc1ccn2nccc2n1. The molecule has 0 radical (unpaired) electrons. The molecule has 0 amide bonds. The molecular formula is C14H22N4. The summed E-state index contributed by atoms with van der Waals surface area (Å²) in [6, 6.07) is 3.89. The number of rotatable bonds is 7. The van der Waals surface area contributed by atoms with E-state index in [2.05, 4.69) is 29.2 Å². The largest absolute Gasteiger partial charge is 0.370 e. The summed E-state index contributed by atoms with van der Waals surface area (Å²) >= 11 is 0. The number of fused-ring (bicyclic) bond motifs is 1. The summed E-state index contributed by atoms with van der Waals surface area (Å²) in [5.74, 6) is 1.69. The lowest BCUT2D eigenvalue weighted by atomic mass is 9.99. The Morgan fingerprint density at radius 1 is 1.33 bits per heavy atom. The van der Waals surface area contributed by atoms with E-state index in [4.69, 9.17) is 0 Å². The molecule has 0 bridgehead atoms. The van der Waals surface area contributed by atoms with Crippen molar-refractivity contribution < 1.29 is 0 Å². The smallest absolute Gasteiger partial charge is 0.157 e. The van der Waals surface area contributed by atoms with Crippen LogP contribution >= 0.6 is 0 Å². The zero-order valence-corrected chi connectivity index (χ0v) is 11.3. The second-order valence-corrected chi connectivity index (χ2v) is 4.74. The van der Waals surface area contributed by atoms with Crippen LogP contribution in [0.4, 0.5) is 5.82 Å². The van der Waals surface area contributed by atoms with Crippen LogP contribution in [0.25, 0.3) is 5.65 Å². The standard InChI is InChI=1S/C14H22N4/c1-3-5-6-12(4-2)11-15-13-8-10-18-14(17-13)7-9-16-18/h7-10,12H,3-6,11H2,1-2H3,(H,15,17). The summed E-state index contributed by atoms with van der Waals surface area (Å²) in [6.07, 6.45) is 8.82. The Morgan fingerprint density at radius 3 is 3.00 bits per heavy atom. The van der Waals surface area contributed by atoms with E-state index in [1.54, 1.807) is 10.7 Å². The first kappa shape index (κ1) is 12.9. The maximum Gasteiger partial charge on any atom is 0.157 e. The van der Waals surface area contributed by atoms with Gasteiger partial charge in [-0.1, -0.05) is 33.1 Å². The summed E-state index contributed by atoms with van der Waals surface area (Å²) in [6.45, 7) is 5.51. The molecule has 1 atom stereocenters. The fourth-order valence-corrected chi connectivity index (χ4v) is 2.10. The van der Waals surface area contributed by atoms with Crippen molar-refractivity contribution in [1.29, 1.82) is 0 Å². The molecule has 0 saturated heterocycles. The van der Waals surface area contributed by atoms with Crippen LogP contribution in [0.5, 0.6) is 0 Å². The molecule has 2 rings (SSSR count). The van der Waals surface area contributed by atoms with Gasteiger partial charge in [-0.05, 0) is 18.4 Å². The number of aromatic nitrogens is 3. The third kappa shape index (κ3) is 3.22. The molecule has 0 aliphatic carbocycles. The molecule has 1 unspecified atom stereocenters. The molecule has 2 aromatic heterocycles. The molecular weight excluding hydrogens is 224 g/mol. The van der Waals surface area contributed by atoms with Gasteiger partial charge in [0.05, 0.1) is 6.20 Å². The first-order valence-corrected chi connectivity index (χ1v) is 6.87. The lowest BCUT2D eigenvalue weighted by Gasteiger charge is -2.15. The van der Waals surface area contributed by atoms with E-state index in [1.807, 2.05) is 18.3 Å². The summed E-state index contributed by atoms with van der Waals surface area (Å²) in [4.78, 5) is 4.51. The van der Waals surface area contributed by atoms with Crippen molar-refractivity contribution in [2.45, 2.75) is 39.5 Å². The molecule has 18 heavy (non-hydrogen) atoms. The summed E-state index contributed by atoms with van der Waals surface area (Å²) in [5, 5.41) is 7.57. The molecule has 2 heterocycles. The number of nitrogens with zero attached hydrogens (tertiary/aromatic N) is 3. The predicted octanol–water partition coefficient (Wildman–Crippen LogP) is 3.36. The minimum atomic E-state index is 0.743. The van der Waals surface area contributed by atoms with Gasteiger partial charge in [0.1, 0.15) is 5.82 Å². The summed E-state index contributed by atoms with van der Waals surface area (Å²) in [7, 11) is 0. The maximum atomic E-state index is 4.51. The van der Waals surface area contributed by atoms with E-state index in [0.717, 1.165) is 23.9 Å². The molecule has 98 valence electrons. The van der Waals surface area contributed by atoms with Gasteiger partial charge in [0.2, 0.25) is 0 Å². The highest BCUT2D eigenvalue weighted by molar-refractivity contribution is 5.45. The summed E-state index contributed by atoms with van der Waals surface area (Å²) < 4.78 is 1.78. The molecule has 0 spiro atoms. The van der Waals surface area contributed by atoms with Gasteiger partial charge in [-0.25, -0.2) is 9.50 Å². The minimum absolute atomic E-state index is 0.743. The van der Waals surface area contributed by atoms with Gasteiger partial charge in [0.15, 0.2) is 5.65 Å². The lowest BCUT2D eigenvalue weighted by Crippen LogP contribution is -2.14. The number of hydrogen-bond donors (Lipinski definition) is 1. The molecule has 1 N–H and O–H groups in total. The number of nitrogens with one attached hydrogen (secondary N) is 1. The number of anilines is 1. The van der Waals surface area contributed by atoms with Crippen LogP contribution < -0.4 is 5.32 Å². The zero-order chi connectivity index (χ0) is 12.8. The van der Waals surface area contributed by atoms with E-state index in [1.165, 1.54) is 25.7 Å². The third-order valence-corrected chi connectivity index (χ3v) is 3.37.